The largest absolute Gasteiger partial charge is 0.359 e. The summed E-state index contributed by atoms with van der Waals surface area (Å²) in [6.45, 7) is 2.06. The molecule has 66 valence electrons. The summed E-state index contributed by atoms with van der Waals surface area (Å²) in [4.78, 5) is 0. The van der Waals surface area contributed by atoms with Gasteiger partial charge in [-0.1, -0.05) is 37.8 Å². The lowest BCUT2D eigenvalue weighted by Gasteiger charge is -2.23. The van der Waals surface area contributed by atoms with Crippen molar-refractivity contribution in [3.05, 3.63) is 0 Å². The zero-order valence-electron chi connectivity index (χ0n) is 7.18. The number of halogens is 1. The molecule has 0 saturated heterocycles. The van der Waals surface area contributed by atoms with E-state index < -0.39 is 0 Å². The average molecular weight is 177 g/mol. The Labute approximate surface area is 74.1 Å². The first-order valence-electron chi connectivity index (χ1n) is 4.62. The van der Waals surface area contributed by atoms with E-state index in [1.807, 2.05) is 0 Å². The van der Waals surface area contributed by atoms with Crippen LogP contribution in [0, 0.1) is 0 Å². The summed E-state index contributed by atoms with van der Waals surface area (Å²) < 4.78 is 5.61. The van der Waals surface area contributed by atoms with Gasteiger partial charge in [-0.05, 0) is 19.3 Å². The summed E-state index contributed by atoms with van der Waals surface area (Å²) in [6.07, 6.45) is 7.80. The fraction of sp³-hybridized carbons (Fsp3) is 1.00. The molecule has 1 fully saturated rings. The Hall–Kier alpha value is 0.250. The van der Waals surface area contributed by atoms with Crippen LogP contribution < -0.4 is 0 Å². The third-order valence-electron chi connectivity index (χ3n) is 2.21. The second-order valence-corrected chi connectivity index (χ2v) is 3.70. The molecule has 1 saturated carbocycles. The highest BCUT2D eigenvalue weighted by Crippen LogP contribution is 2.22. The molecule has 0 aromatic carbocycles. The molecule has 0 amide bonds. The maximum atomic E-state index is 5.88. The van der Waals surface area contributed by atoms with Gasteiger partial charge in [0.2, 0.25) is 0 Å². The smallest absolute Gasteiger partial charge is 0.131 e. The van der Waals surface area contributed by atoms with E-state index in [1.165, 1.54) is 32.1 Å². The van der Waals surface area contributed by atoms with Crippen LogP contribution in [0.15, 0.2) is 0 Å². The molecule has 0 aliphatic heterocycles. The van der Waals surface area contributed by atoms with Crippen LogP contribution in [0.5, 0.6) is 0 Å². The first kappa shape index (κ1) is 9.34. The van der Waals surface area contributed by atoms with Crippen LogP contribution in [-0.4, -0.2) is 11.7 Å². The fourth-order valence-corrected chi connectivity index (χ4v) is 1.65. The van der Waals surface area contributed by atoms with Crippen molar-refractivity contribution in [2.45, 2.75) is 57.1 Å². The van der Waals surface area contributed by atoms with Gasteiger partial charge in [0.1, 0.15) is 5.56 Å². The van der Waals surface area contributed by atoms with Crippen LogP contribution in [0.1, 0.15) is 45.4 Å². The summed E-state index contributed by atoms with van der Waals surface area (Å²) in [5.41, 5.74) is -0.0573. The van der Waals surface area contributed by atoms with E-state index in [2.05, 4.69) is 6.92 Å². The average Bonchev–Trinajstić information content (AvgIpc) is 2.06. The highest BCUT2D eigenvalue weighted by atomic mass is 35.5. The van der Waals surface area contributed by atoms with E-state index in [-0.39, 0.29) is 5.56 Å². The highest BCUT2D eigenvalue weighted by Gasteiger charge is 2.16. The van der Waals surface area contributed by atoms with Crippen LogP contribution in [0.3, 0.4) is 0 Å². The molecular weight excluding hydrogens is 160 g/mol. The van der Waals surface area contributed by atoms with E-state index in [1.54, 1.807) is 0 Å². The number of alkyl halides is 1. The molecule has 1 unspecified atom stereocenters. The van der Waals surface area contributed by atoms with Crippen LogP contribution in [0.25, 0.3) is 0 Å². The molecule has 0 bridgehead atoms. The van der Waals surface area contributed by atoms with E-state index in [0.717, 1.165) is 6.42 Å². The fourth-order valence-electron chi connectivity index (χ4n) is 1.51. The Morgan fingerprint density at radius 3 is 2.55 bits per heavy atom. The molecule has 1 nitrogen and oxygen atoms in total. The van der Waals surface area contributed by atoms with Gasteiger partial charge in [0, 0.05) is 0 Å². The second kappa shape index (κ2) is 5.00. The molecular formula is C9H17ClO. The lowest BCUT2D eigenvalue weighted by Crippen LogP contribution is -2.20. The molecule has 0 spiro atoms. The molecule has 2 heteroatoms. The first-order valence-corrected chi connectivity index (χ1v) is 5.06. The Morgan fingerprint density at radius 2 is 2.00 bits per heavy atom. The zero-order valence-corrected chi connectivity index (χ0v) is 7.94. The Morgan fingerprint density at radius 1 is 1.36 bits per heavy atom. The van der Waals surface area contributed by atoms with Crippen LogP contribution in [0.4, 0.5) is 0 Å². The lowest BCUT2D eigenvalue weighted by atomic mass is 9.98. The molecule has 1 aliphatic carbocycles. The molecule has 0 aromatic rings. The molecule has 0 aromatic heterocycles. The maximum absolute atomic E-state index is 5.88. The summed E-state index contributed by atoms with van der Waals surface area (Å²) in [5, 5.41) is 0. The van der Waals surface area contributed by atoms with Crippen LogP contribution in [0.2, 0.25) is 0 Å². The van der Waals surface area contributed by atoms with E-state index in [4.69, 9.17) is 16.3 Å². The van der Waals surface area contributed by atoms with Crippen molar-refractivity contribution in [2.75, 3.05) is 0 Å². The Balaban J connectivity index is 2.13. The van der Waals surface area contributed by atoms with E-state index >= 15 is 0 Å². The predicted octanol–water partition coefficient (Wildman–Crippen LogP) is 3.31. The van der Waals surface area contributed by atoms with Gasteiger partial charge in [-0.25, -0.2) is 0 Å². The van der Waals surface area contributed by atoms with Gasteiger partial charge in [0.25, 0.3) is 0 Å². The standard InChI is InChI=1S/C9H17ClO/c1-2-9(10)11-8-6-4-3-5-7-8/h8-9H,2-7H2,1H3. The van der Waals surface area contributed by atoms with Gasteiger partial charge in [0.15, 0.2) is 0 Å². The molecule has 11 heavy (non-hydrogen) atoms. The monoisotopic (exact) mass is 176 g/mol. The van der Waals surface area contributed by atoms with Crippen molar-refractivity contribution in [3.8, 4) is 0 Å². The summed E-state index contributed by atoms with van der Waals surface area (Å²) in [7, 11) is 0. The quantitative estimate of drug-likeness (QED) is 0.600. The minimum atomic E-state index is -0.0573. The number of hydrogen-bond acceptors (Lipinski definition) is 1. The number of ether oxygens (including phenoxy) is 1. The first-order chi connectivity index (χ1) is 5.33. The van der Waals surface area contributed by atoms with Crippen LogP contribution in [-0.2, 0) is 4.74 Å². The molecule has 0 heterocycles. The van der Waals surface area contributed by atoms with E-state index in [0.29, 0.717) is 6.10 Å². The highest BCUT2D eigenvalue weighted by molar-refractivity contribution is 6.19. The molecule has 0 N–H and O–H groups in total. The third-order valence-corrected chi connectivity index (χ3v) is 2.62. The minimum absolute atomic E-state index is 0.0573. The maximum Gasteiger partial charge on any atom is 0.131 e. The van der Waals surface area contributed by atoms with Gasteiger partial charge in [-0.2, -0.15) is 0 Å². The number of rotatable bonds is 3. The normalized spacial score (nSPS) is 23.5. The van der Waals surface area contributed by atoms with Gasteiger partial charge in [-0.15, -0.1) is 0 Å². The van der Waals surface area contributed by atoms with Crippen molar-refractivity contribution in [3.63, 3.8) is 0 Å². The minimum Gasteiger partial charge on any atom is -0.359 e. The van der Waals surface area contributed by atoms with Crippen LogP contribution >= 0.6 is 11.6 Å². The van der Waals surface area contributed by atoms with E-state index in [9.17, 15) is 0 Å². The summed E-state index contributed by atoms with van der Waals surface area (Å²) >= 11 is 5.88. The van der Waals surface area contributed by atoms with Crippen molar-refractivity contribution in [1.29, 1.82) is 0 Å². The SMILES string of the molecule is CCC(Cl)OC1CCCCC1. The summed E-state index contributed by atoms with van der Waals surface area (Å²) in [6, 6.07) is 0. The van der Waals surface area contributed by atoms with Crippen molar-refractivity contribution >= 4 is 11.6 Å². The molecule has 0 radical (unpaired) electrons. The Kier molecular flexibility index (Phi) is 4.24. The molecule has 1 aliphatic rings. The molecule has 1 rings (SSSR count). The topological polar surface area (TPSA) is 9.23 Å². The summed E-state index contributed by atoms with van der Waals surface area (Å²) in [5.74, 6) is 0. The predicted molar refractivity (Wildman–Crippen MR) is 47.9 cm³/mol. The molecule has 1 atom stereocenters. The van der Waals surface area contributed by atoms with Crippen molar-refractivity contribution in [2.24, 2.45) is 0 Å². The Bertz CT molecular complexity index is 99.7. The zero-order chi connectivity index (χ0) is 8.10. The van der Waals surface area contributed by atoms with Gasteiger partial charge in [-0.3, -0.25) is 0 Å². The van der Waals surface area contributed by atoms with Gasteiger partial charge in [0.05, 0.1) is 6.10 Å². The lowest BCUT2D eigenvalue weighted by molar-refractivity contribution is 0.00753. The second-order valence-electron chi connectivity index (χ2n) is 3.21. The van der Waals surface area contributed by atoms with Crippen molar-refractivity contribution < 1.29 is 4.74 Å². The number of hydrogen-bond donors (Lipinski definition) is 0. The third kappa shape index (κ3) is 3.44. The van der Waals surface area contributed by atoms with Crippen molar-refractivity contribution in [1.82, 2.24) is 0 Å². The van der Waals surface area contributed by atoms with Gasteiger partial charge >= 0.3 is 0 Å². The van der Waals surface area contributed by atoms with Gasteiger partial charge < -0.3 is 4.74 Å².